The van der Waals surface area contributed by atoms with Gasteiger partial charge >= 0.3 is 5.97 Å². The summed E-state index contributed by atoms with van der Waals surface area (Å²) in [6.45, 7) is 5.73. The van der Waals surface area contributed by atoms with Crippen molar-refractivity contribution in [1.29, 1.82) is 0 Å². The van der Waals surface area contributed by atoms with Gasteiger partial charge in [0.25, 0.3) is 5.91 Å². The van der Waals surface area contributed by atoms with Crippen molar-refractivity contribution in [2.24, 2.45) is 0 Å². The number of allylic oxidation sites excluding steroid dienone is 1. The second-order valence-electron chi connectivity index (χ2n) is 6.74. The van der Waals surface area contributed by atoms with Gasteiger partial charge in [-0.1, -0.05) is 23.7 Å². The number of carbonyl (C=O) groups is 2. The lowest BCUT2D eigenvalue weighted by Gasteiger charge is -2.18. The van der Waals surface area contributed by atoms with Crippen molar-refractivity contribution < 1.29 is 24.2 Å². The fourth-order valence-electron chi connectivity index (χ4n) is 3.27. The first kappa shape index (κ1) is 21.5. The molecule has 0 unspecified atom stereocenters. The number of benzene rings is 2. The number of amides is 1. The van der Waals surface area contributed by atoms with Crippen LogP contribution < -0.4 is 9.64 Å². The van der Waals surface area contributed by atoms with E-state index in [1.807, 2.05) is 13.0 Å². The Labute approximate surface area is 180 Å². The van der Waals surface area contributed by atoms with Crippen LogP contribution in [0.3, 0.4) is 0 Å². The predicted octanol–water partition coefficient (Wildman–Crippen LogP) is 4.63. The maximum atomic E-state index is 13.3. The van der Waals surface area contributed by atoms with Crippen LogP contribution >= 0.6 is 11.6 Å². The number of ether oxygens (including phenoxy) is 2. The molecule has 156 valence electrons. The molecule has 1 aliphatic rings. The lowest BCUT2D eigenvalue weighted by molar-refractivity contribution is -0.136. The number of hydrogen-bond acceptors (Lipinski definition) is 5. The monoisotopic (exact) mass is 427 g/mol. The summed E-state index contributed by atoms with van der Waals surface area (Å²) in [5.74, 6) is -0.706. The Kier molecular flexibility index (Phi) is 6.17. The highest BCUT2D eigenvalue weighted by Crippen LogP contribution is 2.37. The molecule has 2 aromatic carbocycles. The van der Waals surface area contributed by atoms with Crippen LogP contribution in [-0.2, 0) is 14.3 Å². The molecule has 0 spiro atoms. The molecule has 0 saturated carbocycles. The number of hydrogen-bond donors (Lipinski definition) is 1. The minimum Gasteiger partial charge on any atom is -0.504 e. The summed E-state index contributed by atoms with van der Waals surface area (Å²) < 4.78 is 10.3. The number of esters is 1. The predicted molar refractivity (Wildman–Crippen MR) is 116 cm³/mol. The van der Waals surface area contributed by atoms with Gasteiger partial charge in [-0.3, -0.25) is 9.69 Å². The fourth-order valence-corrected chi connectivity index (χ4v) is 3.44. The molecule has 0 aromatic heterocycles. The van der Waals surface area contributed by atoms with Gasteiger partial charge in [-0.2, -0.15) is 0 Å². The van der Waals surface area contributed by atoms with Gasteiger partial charge in [0, 0.05) is 10.7 Å². The maximum absolute atomic E-state index is 13.3. The fraction of sp³-hybridized carbons (Fsp3) is 0.217. The molecule has 1 heterocycles. The van der Waals surface area contributed by atoms with Crippen LogP contribution in [0.2, 0.25) is 5.02 Å². The van der Waals surface area contributed by atoms with Crippen LogP contribution in [0.5, 0.6) is 11.5 Å². The Hall–Kier alpha value is -3.25. The Morgan fingerprint density at radius 3 is 2.57 bits per heavy atom. The third-order valence-corrected chi connectivity index (χ3v) is 5.21. The smallest absolute Gasteiger partial charge is 0.340 e. The van der Waals surface area contributed by atoms with Gasteiger partial charge in [0.2, 0.25) is 0 Å². The zero-order chi connectivity index (χ0) is 22.0. The first-order valence-corrected chi connectivity index (χ1v) is 9.74. The van der Waals surface area contributed by atoms with Crippen LogP contribution in [0.1, 0.15) is 25.0 Å². The van der Waals surface area contributed by atoms with Crippen molar-refractivity contribution in [2.45, 2.75) is 20.8 Å². The molecule has 0 bridgehead atoms. The summed E-state index contributed by atoms with van der Waals surface area (Å²) >= 11 is 6.24. The lowest BCUT2D eigenvalue weighted by Crippen LogP contribution is -2.24. The molecule has 30 heavy (non-hydrogen) atoms. The molecule has 6 nitrogen and oxygen atoms in total. The van der Waals surface area contributed by atoms with Crippen molar-refractivity contribution in [3.05, 3.63) is 69.4 Å². The number of aryl methyl sites for hydroxylation is 1. The van der Waals surface area contributed by atoms with E-state index in [2.05, 4.69) is 0 Å². The Morgan fingerprint density at radius 2 is 1.93 bits per heavy atom. The zero-order valence-electron chi connectivity index (χ0n) is 17.2. The topological polar surface area (TPSA) is 76.1 Å². The second-order valence-corrected chi connectivity index (χ2v) is 7.15. The standard InChI is InChI=1S/C23H22ClNO5/c1-5-30-20-11-15(7-9-19(20)26)10-17-21(23(28)29-4)14(3)25(22(17)27)16-8-6-13(2)18(24)12-16/h6-12,26H,5H2,1-4H3/b17-10-. The van der Waals surface area contributed by atoms with Crippen molar-refractivity contribution >= 4 is 35.2 Å². The first-order valence-electron chi connectivity index (χ1n) is 9.36. The molecule has 0 radical (unpaired) electrons. The summed E-state index contributed by atoms with van der Waals surface area (Å²) in [7, 11) is 1.27. The Morgan fingerprint density at radius 1 is 1.20 bits per heavy atom. The number of aromatic hydroxyl groups is 1. The van der Waals surface area contributed by atoms with Gasteiger partial charge in [0.1, 0.15) is 0 Å². The molecule has 0 fully saturated rings. The number of nitrogens with zero attached hydrogens (tertiary/aromatic N) is 1. The summed E-state index contributed by atoms with van der Waals surface area (Å²) in [6.07, 6.45) is 1.58. The number of anilines is 1. The minimum absolute atomic E-state index is 0.00686. The number of methoxy groups -OCH3 is 1. The SMILES string of the molecule is CCOc1cc(/C=C2\C(=O)N(c3ccc(C)c(Cl)c3)C(C)=C2C(=O)OC)ccc1O. The quantitative estimate of drug-likeness (QED) is 0.556. The van der Waals surface area contributed by atoms with Gasteiger partial charge in [0.05, 0.1) is 30.6 Å². The molecule has 1 N–H and O–H groups in total. The van der Waals surface area contributed by atoms with E-state index in [-0.39, 0.29) is 22.8 Å². The zero-order valence-corrected chi connectivity index (χ0v) is 17.9. The van der Waals surface area contributed by atoms with E-state index in [0.717, 1.165) is 5.56 Å². The molecule has 2 aromatic rings. The summed E-state index contributed by atoms with van der Waals surface area (Å²) in [4.78, 5) is 27.2. The molecule has 0 saturated heterocycles. The van der Waals surface area contributed by atoms with E-state index in [9.17, 15) is 14.7 Å². The number of phenols is 1. The van der Waals surface area contributed by atoms with Crippen molar-refractivity contribution in [3.8, 4) is 11.5 Å². The van der Waals surface area contributed by atoms with E-state index < -0.39 is 5.97 Å². The second kappa shape index (κ2) is 8.63. The van der Waals surface area contributed by atoms with Crippen LogP contribution in [0, 0.1) is 6.92 Å². The van der Waals surface area contributed by atoms with Gasteiger partial charge in [-0.25, -0.2) is 4.79 Å². The van der Waals surface area contributed by atoms with Gasteiger partial charge in [0.15, 0.2) is 11.5 Å². The number of rotatable bonds is 5. The molecular formula is C23H22ClNO5. The minimum atomic E-state index is -0.614. The molecule has 7 heteroatoms. The Bertz CT molecular complexity index is 1090. The van der Waals surface area contributed by atoms with Crippen LogP contribution in [-0.4, -0.2) is 30.7 Å². The molecular weight excluding hydrogens is 406 g/mol. The third-order valence-electron chi connectivity index (χ3n) is 4.80. The average molecular weight is 428 g/mol. The highest BCUT2D eigenvalue weighted by molar-refractivity contribution is 6.32. The summed E-state index contributed by atoms with van der Waals surface area (Å²) in [6, 6.07) is 9.98. The van der Waals surface area contributed by atoms with E-state index in [0.29, 0.717) is 34.3 Å². The number of phenolic OH excluding ortho intramolecular Hbond substituents is 1. The van der Waals surface area contributed by atoms with Gasteiger partial charge < -0.3 is 14.6 Å². The highest BCUT2D eigenvalue weighted by atomic mass is 35.5. The lowest BCUT2D eigenvalue weighted by atomic mass is 10.0. The largest absolute Gasteiger partial charge is 0.504 e. The first-order chi connectivity index (χ1) is 14.3. The van der Waals surface area contributed by atoms with E-state index >= 15 is 0 Å². The number of halogens is 1. The molecule has 1 amide bonds. The molecule has 0 aliphatic carbocycles. The molecule has 0 atom stereocenters. The maximum Gasteiger partial charge on any atom is 0.340 e. The van der Waals surface area contributed by atoms with Gasteiger partial charge in [-0.15, -0.1) is 0 Å². The third kappa shape index (κ3) is 3.91. The van der Waals surface area contributed by atoms with Crippen molar-refractivity contribution in [3.63, 3.8) is 0 Å². The van der Waals surface area contributed by atoms with Gasteiger partial charge in [-0.05, 0) is 62.2 Å². The highest BCUT2D eigenvalue weighted by Gasteiger charge is 2.38. The van der Waals surface area contributed by atoms with Crippen molar-refractivity contribution in [2.75, 3.05) is 18.6 Å². The van der Waals surface area contributed by atoms with Crippen LogP contribution in [0.15, 0.2) is 53.2 Å². The summed E-state index contributed by atoms with van der Waals surface area (Å²) in [5, 5.41) is 10.4. The van der Waals surface area contributed by atoms with Crippen molar-refractivity contribution in [1.82, 2.24) is 0 Å². The average Bonchev–Trinajstić information content (AvgIpc) is 2.96. The molecule has 1 aliphatic heterocycles. The van der Waals surface area contributed by atoms with E-state index in [1.54, 1.807) is 44.2 Å². The van der Waals surface area contributed by atoms with Crippen LogP contribution in [0.4, 0.5) is 5.69 Å². The Balaban J connectivity index is 2.13. The van der Waals surface area contributed by atoms with Crippen LogP contribution in [0.25, 0.3) is 6.08 Å². The van der Waals surface area contributed by atoms with E-state index in [1.165, 1.54) is 18.1 Å². The normalized spacial score (nSPS) is 15.2. The number of carbonyl (C=O) groups excluding carboxylic acids is 2. The summed E-state index contributed by atoms with van der Waals surface area (Å²) in [5.41, 5.74) is 2.83. The molecule has 3 rings (SSSR count). The van der Waals surface area contributed by atoms with E-state index in [4.69, 9.17) is 21.1 Å².